The third kappa shape index (κ3) is 4.97. The number of amides is 1. The molecule has 7 heteroatoms. The van der Waals surface area contributed by atoms with Crippen LogP contribution < -0.4 is 14.4 Å². The number of anilines is 1. The number of nitrogens with zero attached hydrogens (tertiary/aromatic N) is 1. The van der Waals surface area contributed by atoms with E-state index in [1.807, 2.05) is 19.1 Å². The molecule has 0 unspecified atom stereocenters. The second-order valence-electron chi connectivity index (χ2n) is 11.0. The minimum Gasteiger partial charge on any atom is -0.476 e. The lowest BCUT2D eigenvalue weighted by molar-refractivity contribution is -0.128. The van der Waals surface area contributed by atoms with Crippen LogP contribution in [0.15, 0.2) is 71.6 Å². The molecule has 1 aliphatic carbocycles. The van der Waals surface area contributed by atoms with Gasteiger partial charge in [-0.2, -0.15) is 0 Å². The first-order valence-corrected chi connectivity index (χ1v) is 14.3. The van der Waals surface area contributed by atoms with Gasteiger partial charge in [0, 0.05) is 0 Å². The predicted molar refractivity (Wildman–Crippen MR) is 146 cm³/mol. The Labute approximate surface area is 219 Å². The summed E-state index contributed by atoms with van der Waals surface area (Å²) in [4.78, 5) is 13.6. The Morgan fingerprint density at radius 2 is 1.73 bits per heavy atom. The van der Waals surface area contributed by atoms with Gasteiger partial charge in [0.15, 0.2) is 6.10 Å². The standard InChI is InChI=1S/C30H34N2O4S/c1-20(22-14-13-21-9-8-10-23(21)17-22)31-29(33)28-19-32(37(34,35)25-11-6-5-7-12-25)26-18-24(30(2,3)4)15-16-27(26)36-28/h5-7,11-18,20,28H,8-10,19H2,1-4H3,(H,31,33)/t20-,28+/m1/s1. The minimum absolute atomic E-state index is 0.111. The van der Waals surface area contributed by atoms with Crippen molar-refractivity contribution in [3.8, 4) is 5.75 Å². The molecule has 0 radical (unpaired) electrons. The number of fused-ring (bicyclic) bond motifs is 2. The predicted octanol–water partition coefficient (Wildman–Crippen LogP) is 5.31. The second kappa shape index (κ2) is 9.53. The van der Waals surface area contributed by atoms with E-state index in [9.17, 15) is 13.2 Å². The van der Waals surface area contributed by atoms with Crippen molar-refractivity contribution in [2.45, 2.75) is 69.4 Å². The Hall–Kier alpha value is -3.32. The summed E-state index contributed by atoms with van der Waals surface area (Å²) in [6.07, 6.45) is 2.35. The SMILES string of the molecule is C[C@@H](NC(=O)[C@@H]1CN(S(=O)(=O)c2ccccc2)c2cc(C(C)(C)C)ccc2O1)c1ccc2c(c1)CCC2. The molecule has 0 spiro atoms. The normalized spacial score (nSPS) is 17.9. The maximum absolute atomic E-state index is 13.8. The van der Waals surface area contributed by atoms with Gasteiger partial charge in [-0.25, -0.2) is 8.42 Å². The molecule has 37 heavy (non-hydrogen) atoms. The van der Waals surface area contributed by atoms with Gasteiger partial charge < -0.3 is 10.1 Å². The number of carbonyl (C=O) groups is 1. The topological polar surface area (TPSA) is 75.7 Å². The molecule has 3 aromatic rings. The number of hydrogen-bond donors (Lipinski definition) is 1. The Kier molecular flexibility index (Phi) is 6.52. The lowest BCUT2D eigenvalue weighted by Gasteiger charge is -2.36. The fraction of sp³-hybridized carbons (Fsp3) is 0.367. The van der Waals surface area contributed by atoms with Gasteiger partial charge in [0.25, 0.3) is 15.9 Å². The quantitative estimate of drug-likeness (QED) is 0.497. The van der Waals surface area contributed by atoms with E-state index in [4.69, 9.17) is 4.74 Å². The van der Waals surface area contributed by atoms with Crippen LogP contribution in [0.25, 0.3) is 0 Å². The van der Waals surface area contributed by atoms with E-state index < -0.39 is 16.1 Å². The third-order valence-electron chi connectivity index (χ3n) is 7.30. The molecule has 1 amide bonds. The number of sulfonamides is 1. The van der Waals surface area contributed by atoms with E-state index in [-0.39, 0.29) is 28.8 Å². The van der Waals surface area contributed by atoms with Crippen LogP contribution in [0.2, 0.25) is 0 Å². The van der Waals surface area contributed by atoms with Crippen LogP contribution in [0.5, 0.6) is 5.75 Å². The average molecular weight is 519 g/mol. The maximum atomic E-state index is 13.8. The highest BCUT2D eigenvalue weighted by Crippen LogP contribution is 2.40. The molecule has 0 aromatic heterocycles. The van der Waals surface area contributed by atoms with Crippen molar-refractivity contribution in [1.29, 1.82) is 0 Å². The minimum atomic E-state index is -3.92. The Balaban J connectivity index is 1.45. The van der Waals surface area contributed by atoms with Crippen molar-refractivity contribution < 1.29 is 17.9 Å². The second-order valence-corrected chi connectivity index (χ2v) is 12.9. The molecule has 2 aliphatic rings. The number of aryl methyl sites for hydroxylation is 2. The number of benzene rings is 3. The molecule has 6 nitrogen and oxygen atoms in total. The largest absolute Gasteiger partial charge is 0.476 e. The van der Waals surface area contributed by atoms with Crippen molar-refractivity contribution in [3.63, 3.8) is 0 Å². The van der Waals surface area contributed by atoms with E-state index >= 15 is 0 Å². The van der Waals surface area contributed by atoms with Gasteiger partial charge in [0.05, 0.1) is 23.2 Å². The summed E-state index contributed by atoms with van der Waals surface area (Å²) in [6.45, 7) is 8.06. The summed E-state index contributed by atoms with van der Waals surface area (Å²) in [7, 11) is -3.92. The molecular weight excluding hydrogens is 484 g/mol. The van der Waals surface area contributed by atoms with E-state index in [2.05, 4.69) is 44.3 Å². The van der Waals surface area contributed by atoms with Crippen LogP contribution in [0.4, 0.5) is 5.69 Å². The third-order valence-corrected chi connectivity index (χ3v) is 9.09. The highest BCUT2D eigenvalue weighted by Gasteiger charge is 2.38. The highest BCUT2D eigenvalue weighted by molar-refractivity contribution is 7.92. The molecule has 1 heterocycles. The smallest absolute Gasteiger partial charge is 0.264 e. The molecule has 3 aromatic carbocycles. The molecule has 0 fully saturated rings. The molecule has 0 bridgehead atoms. The Morgan fingerprint density at radius 3 is 2.46 bits per heavy atom. The van der Waals surface area contributed by atoms with Crippen LogP contribution in [-0.4, -0.2) is 27.0 Å². The summed E-state index contributed by atoms with van der Waals surface area (Å²) in [5.41, 5.74) is 5.01. The van der Waals surface area contributed by atoms with Crippen molar-refractivity contribution in [1.82, 2.24) is 5.32 Å². The van der Waals surface area contributed by atoms with Gasteiger partial charge in [-0.15, -0.1) is 0 Å². The summed E-state index contributed by atoms with van der Waals surface area (Å²) in [5.74, 6) is 0.0379. The van der Waals surface area contributed by atoms with Gasteiger partial charge in [-0.1, -0.05) is 63.2 Å². The first kappa shape index (κ1) is 25.3. The summed E-state index contributed by atoms with van der Waals surface area (Å²) in [5, 5.41) is 3.05. The van der Waals surface area contributed by atoms with Gasteiger partial charge >= 0.3 is 0 Å². The number of rotatable bonds is 5. The van der Waals surface area contributed by atoms with Crippen molar-refractivity contribution in [2.75, 3.05) is 10.8 Å². The molecule has 1 aliphatic heterocycles. The molecule has 1 N–H and O–H groups in total. The summed E-state index contributed by atoms with van der Waals surface area (Å²) in [6, 6.07) is 20.0. The number of carbonyl (C=O) groups excluding carboxylic acids is 1. The van der Waals surface area contributed by atoms with Gasteiger partial charge in [0.1, 0.15) is 5.75 Å². The number of ether oxygens (including phenoxy) is 1. The molecule has 0 saturated carbocycles. The molecule has 0 saturated heterocycles. The van der Waals surface area contributed by atoms with E-state index in [1.165, 1.54) is 15.4 Å². The maximum Gasteiger partial charge on any atom is 0.264 e. The van der Waals surface area contributed by atoms with Crippen LogP contribution in [-0.2, 0) is 33.1 Å². The zero-order valence-corrected chi connectivity index (χ0v) is 22.6. The van der Waals surface area contributed by atoms with Gasteiger partial charge in [-0.3, -0.25) is 9.10 Å². The van der Waals surface area contributed by atoms with Crippen molar-refractivity contribution in [2.24, 2.45) is 0 Å². The van der Waals surface area contributed by atoms with E-state index in [0.717, 1.165) is 30.4 Å². The highest BCUT2D eigenvalue weighted by atomic mass is 32.2. The first-order valence-electron chi connectivity index (χ1n) is 12.8. The Bertz CT molecular complexity index is 1430. The number of hydrogen-bond acceptors (Lipinski definition) is 4. The monoisotopic (exact) mass is 518 g/mol. The molecular formula is C30H34N2O4S. The van der Waals surface area contributed by atoms with Gasteiger partial charge in [-0.05, 0) is 78.1 Å². The summed E-state index contributed by atoms with van der Waals surface area (Å²) < 4.78 is 35.0. The molecule has 194 valence electrons. The van der Waals surface area contributed by atoms with Crippen LogP contribution in [0.3, 0.4) is 0 Å². The van der Waals surface area contributed by atoms with Crippen molar-refractivity contribution >= 4 is 21.6 Å². The van der Waals surface area contributed by atoms with Crippen LogP contribution >= 0.6 is 0 Å². The summed E-state index contributed by atoms with van der Waals surface area (Å²) >= 11 is 0. The lowest BCUT2D eigenvalue weighted by Crippen LogP contribution is -2.51. The first-order chi connectivity index (χ1) is 17.5. The van der Waals surface area contributed by atoms with Crippen LogP contribution in [0, 0.1) is 0 Å². The lowest BCUT2D eigenvalue weighted by atomic mass is 9.86. The molecule has 2 atom stereocenters. The van der Waals surface area contributed by atoms with E-state index in [0.29, 0.717) is 11.4 Å². The van der Waals surface area contributed by atoms with Crippen LogP contribution in [0.1, 0.15) is 62.4 Å². The fourth-order valence-electron chi connectivity index (χ4n) is 5.05. The van der Waals surface area contributed by atoms with Gasteiger partial charge in [0.2, 0.25) is 0 Å². The van der Waals surface area contributed by atoms with E-state index in [1.54, 1.807) is 36.4 Å². The van der Waals surface area contributed by atoms with Crippen molar-refractivity contribution in [3.05, 3.63) is 89.0 Å². The Morgan fingerprint density at radius 1 is 1.00 bits per heavy atom. The fourth-order valence-corrected chi connectivity index (χ4v) is 6.54. The average Bonchev–Trinajstić information content (AvgIpc) is 3.35. The zero-order valence-electron chi connectivity index (χ0n) is 21.8. The molecule has 5 rings (SSSR count). The number of nitrogens with one attached hydrogen (secondary N) is 1. The zero-order chi connectivity index (χ0) is 26.4.